The third-order valence-corrected chi connectivity index (χ3v) is 4.38. The summed E-state index contributed by atoms with van der Waals surface area (Å²) in [7, 11) is 0. The predicted molar refractivity (Wildman–Crippen MR) is 68.9 cm³/mol. The van der Waals surface area contributed by atoms with E-state index >= 15 is 0 Å². The van der Waals surface area contributed by atoms with Gasteiger partial charge in [0.1, 0.15) is 0 Å². The summed E-state index contributed by atoms with van der Waals surface area (Å²) in [5.74, 6) is 1.71. The Morgan fingerprint density at radius 2 is 1.88 bits per heavy atom. The maximum absolute atomic E-state index is 6.98. The molecular formula is C15H18N2. The lowest BCUT2D eigenvalue weighted by Crippen LogP contribution is -2.20. The molecule has 0 radical (unpaired) electrons. The van der Waals surface area contributed by atoms with Gasteiger partial charge in [0.2, 0.25) is 0 Å². The minimum atomic E-state index is 0.528. The van der Waals surface area contributed by atoms with E-state index in [1.807, 2.05) is 12.1 Å². The zero-order valence-corrected chi connectivity index (χ0v) is 10.0. The van der Waals surface area contributed by atoms with Crippen molar-refractivity contribution in [3.05, 3.63) is 41.2 Å². The Hall–Kier alpha value is -1.33. The van der Waals surface area contributed by atoms with Crippen molar-refractivity contribution in [1.82, 2.24) is 5.32 Å². The van der Waals surface area contributed by atoms with Crippen molar-refractivity contribution in [3.8, 4) is 0 Å². The smallest absolute Gasteiger partial charge is 0.187 e. The van der Waals surface area contributed by atoms with E-state index in [9.17, 15) is 0 Å². The number of benzene rings is 1. The van der Waals surface area contributed by atoms with Crippen LogP contribution in [0.25, 0.3) is 4.85 Å². The van der Waals surface area contributed by atoms with Gasteiger partial charge in [-0.2, -0.15) is 0 Å². The van der Waals surface area contributed by atoms with E-state index < -0.39 is 0 Å². The number of nitrogens with zero attached hydrogens (tertiary/aromatic N) is 1. The molecule has 2 unspecified atom stereocenters. The molecule has 3 rings (SSSR count). The minimum Gasteiger partial charge on any atom is -0.309 e. The first kappa shape index (κ1) is 10.8. The van der Waals surface area contributed by atoms with Crippen molar-refractivity contribution in [3.63, 3.8) is 0 Å². The van der Waals surface area contributed by atoms with Crippen LogP contribution in [0.1, 0.15) is 37.3 Å². The first-order valence-corrected chi connectivity index (χ1v) is 6.59. The van der Waals surface area contributed by atoms with E-state index in [0.29, 0.717) is 6.04 Å². The van der Waals surface area contributed by atoms with Gasteiger partial charge in [0.25, 0.3) is 0 Å². The monoisotopic (exact) mass is 226 g/mol. The first-order chi connectivity index (χ1) is 8.38. The highest BCUT2D eigenvalue weighted by Gasteiger charge is 2.37. The van der Waals surface area contributed by atoms with Crippen LogP contribution in [0, 0.1) is 18.4 Å². The molecule has 1 aliphatic carbocycles. The van der Waals surface area contributed by atoms with Gasteiger partial charge in [-0.25, -0.2) is 4.85 Å². The Balaban J connectivity index is 1.81. The fourth-order valence-corrected chi connectivity index (χ4v) is 3.48. The maximum atomic E-state index is 6.98. The van der Waals surface area contributed by atoms with Crippen LogP contribution in [0.4, 0.5) is 5.69 Å². The molecule has 1 saturated carbocycles. The van der Waals surface area contributed by atoms with Gasteiger partial charge in [-0.15, -0.1) is 0 Å². The molecule has 0 spiro atoms. The van der Waals surface area contributed by atoms with Crippen LogP contribution in [0.2, 0.25) is 0 Å². The second kappa shape index (κ2) is 4.50. The number of nitrogens with one attached hydrogen (secondary N) is 1. The van der Waals surface area contributed by atoms with Crippen LogP contribution in [-0.2, 0) is 0 Å². The average molecular weight is 226 g/mol. The van der Waals surface area contributed by atoms with Gasteiger partial charge in [-0.05, 0) is 36.8 Å². The van der Waals surface area contributed by atoms with Gasteiger partial charge in [0.05, 0.1) is 6.57 Å². The van der Waals surface area contributed by atoms with Crippen LogP contribution < -0.4 is 5.32 Å². The van der Waals surface area contributed by atoms with E-state index in [4.69, 9.17) is 6.57 Å². The molecule has 1 saturated heterocycles. The second-order valence-electron chi connectivity index (χ2n) is 5.30. The van der Waals surface area contributed by atoms with Crippen LogP contribution in [0.15, 0.2) is 24.3 Å². The van der Waals surface area contributed by atoms with Crippen molar-refractivity contribution < 1.29 is 0 Å². The SMILES string of the molecule is [C-]#[N+]c1ccc(C2NC[C@@H]3CCCCC23)cc1. The molecule has 1 aromatic carbocycles. The topological polar surface area (TPSA) is 16.4 Å². The lowest BCUT2D eigenvalue weighted by molar-refractivity contribution is 0.266. The van der Waals surface area contributed by atoms with Gasteiger partial charge in [0.15, 0.2) is 5.69 Å². The molecule has 3 atom stereocenters. The zero-order chi connectivity index (χ0) is 11.7. The Labute approximate surface area is 103 Å². The summed E-state index contributed by atoms with van der Waals surface area (Å²) in [4.78, 5) is 3.45. The summed E-state index contributed by atoms with van der Waals surface area (Å²) in [6.07, 6.45) is 5.56. The fourth-order valence-electron chi connectivity index (χ4n) is 3.48. The van der Waals surface area contributed by atoms with E-state index in [-0.39, 0.29) is 0 Å². The van der Waals surface area contributed by atoms with Crippen molar-refractivity contribution in [2.75, 3.05) is 6.54 Å². The number of fused-ring (bicyclic) bond motifs is 1. The highest BCUT2D eigenvalue weighted by Crippen LogP contribution is 2.42. The molecule has 88 valence electrons. The highest BCUT2D eigenvalue weighted by molar-refractivity contribution is 5.46. The molecule has 0 amide bonds. The summed E-state index contributed by atoms with van der Waals surface area (Å²) >= 11 is 0. The summed E-state index contributed by atoms with van der Waals surface area (Å²) < 4.78 is 0. The van der Waals surface area contributed by atoms with Gasteiger partial charge in [-0.3, -0.25) is 0 Å². The zero-order valence-electron chi connectivity index (χ0n) is 10.0. The molecule has 17 heavy (non-hydrogen) atoms. The molecule has 1 aromatic rings. The summed E-state index contributed by atoms with van der Waals surface area (Å²) in [6, 6.07) is 8.67. The predicted octanol–water partition coefficient (Wildman–Crippen LogP) is 3.69. The Morgan fingerprint density at radius 3 is 2.65 bits per heavy atom. The van der Waals surface area contributed by atoms with E-state index in [1.54, 1.807) is 0 Å². The van der Waals surface area contributed by atoms with Gasteiger partial charge in [0, 0.05) is 6.04 Å². The molecule has 1 N–H and O–H groups in total. The first-order valence-electron chi connectivity index (χ1n) is 6.59. The maximum Gasteiger partial charge on any atom is 0.187 e. The van der Waals surface area contributed by atoms with E-state index in [2.05, 4.69) is 22.3 Å². The van der Waals surface area contributed by atoms with Crippen LogP contribution >= 0.6 is 0 Å². The third-order valence-electron chi connectivity index (χ3n) is 4.38. The third kappa shape index (κ3) is 1.96. The Morgan fingerprint density at radius 1 is 1.12 bits per heavy atom. The van der Waals surface area contributed by atoms with Crippen LogP contribution in [0.5, 0.6) is 0 Å². The molecule has 1 aliphatic heterocycles. The molecule has 2 nitrogen and oxygen atoms in total. The molecule has 2 aliphatic rings. The van der Waals surface area contributed by atoms with Crippen molar-refractivity contribution in [1.29, 1.82) is 0 Å². The van der Waals surface area contributed by atoms with Crippen LogP contribution in [0.3, 0.4) is 0 Å². The van der Waals surface area contributed by atoms with Gasteiger partial charge in [-0.1, -0.05) is 37.1 Å². The quantitative estimate of drug-likeness (QED) is 0.722. The number of rotatable bonds is 1. The molecule has 0 bridgehead atoms. The summed E-state index contributed by atoms with van der Waals surface area (Å²) in [5, 5.41) is 3.67. The Kier molecular flexibility index (Phi) is 2.86. The normalized spacial score (nSPS) is 31.8. The summed E-state index contributed by atoms with van der Waals surface area (Å²) in [5.41, 5.74) is 2.11. The average Bonchev–Trinajstić information content (AvgIpc) is 2.83. The number of hydrogen-bond donors (Lipinski definition) is 1. The second-order valence-corrected chi connectivity index (χ2v) is 5.30. The molecule has 2 fully saturated rings. The van der Waals surface area contributed by atoms with Gasteiger partial charge < -0.3 is 5.32 Å². The van der Waals surface area contributed by atoms with Crippen LogP contribution in [-0.4, -0.2) is 6.54 Å². The van der Waals surface area contributed by atoms with E-state index in [0.717, 1.165) is 17.5 Å². The highest BCUT2D eigenvalue weighted by atomic mass is 15.0. The minimum absolute atomic E-state index is 0.528. The molecular weight excluding hydrogens is 208 g/mol. The van der Waals surface area contributed by atoms with Crippen molar-refractivity contribution >= 4 is 5.69 Å². The standard InChI is InChI=1S/C15H18N2/c1-16-13-8-6-11(7-9-13)15-14-5-3-2-4-12(14)10-17-15/h6-9,12,14-15,17H,2-5,10H2/t12-,14?,15?/m0/s1. The largest absolute Gasteiger partial charge is 0.309 e. The van der Waals surface area contributed by atoms with E-state index in [1.165, 1.54) is 37.8 Å². The molecule has 1 heterocycles. The lowest BCUT2D eigenvalue weighted by atomic mass is 9.77. The molecule has 2 heteroatoms. The van der Waals surface area contributed by atoms with Gasteiger partial charge >= 0.3 is 0 Å². The number of hydrogen-bond acceptors (Lipinski definition) is 1. The fraction of sp³-hybridized carbons (Fsp3) is 0.533. The molecule has 0 aromatic heterocycles. The Bertz CT molecular complexity index is 429. The van der Waals surface area contributed by atoms with Crippen molar-refractivity contribution in [2.24, 2.45) is 11.8 Å². The lowest BCUT2D eigenvalue weighted by Gasteiger charge is -2.28. The van der Waals surface area contributed by atoms with Crippen molar-refractivity contribution in [2.45, 2.75) is 31.7 Å². The summed E-state index contributed by atoms with van der Waals surface area (Å²) in [6.45, 7) is 8.16.